The first-order chi connectivity index (χ1) is 18.9. The highest BCUT2D eigenvalue weighted by Gasteiger charge is 2.31. The fourth-order valence-electron chi connectivity index (χ4n) is 5.27. The van der Waals surface area contributed by atoms with Crippen molar-refractivity contribution in [1.82, 2.24) is 9.29 Å². The number of ether oxygens (including phenoxy) is 2. The van der Waals surface area contributed by atoms with Crippen LogP contribution in [-0.4, -0.2) is 36.3 Å². The summed E-state index contributed by atoms with van der Waals surface area (Å²) in [4.78, 5) is 12.7. The number of aryl methyl sites for hydroxylation is 2. The van der Waals surface area contributed by atoms with Crippen molar-refractivity contribution in [3.63, 3.8) is 0 Å². The van der Waals surface area contributed by atoms with Gasteiger partial charge in [-0.05, 0) is 99.7 Å². The first kappa shape index (κ1) is 27.7. The van der Waals surface area contributed by atoms with Crippen LogP contribution in [0, 0.1) is 6.92 Å². The van der Waals surface area contributed by atoms with Crippen molar-refractivity contribution in [2.45, 2.75) is 63.7 Å². The summed E-state index contributed by atoms with van der Waals surface area (Å²) in [6, 6.07) is 17.4. The van der Waals surface area contributed by atoms with Gasteiger partial charge in [0, 0.05) is 10.9 Å². The average Bonchev–Trinajstić information content (AvgIpc) is 3.49. The number of nitrogens with zero attached hydrogens (tertiary/aromatic N) is 1. The highest BCUT2D eigenvalue weighted by molar-refractivity contribution is 7.90. The molecule has 4 aromatic rings. The van der Waals surface area contributed by atoms with Crippen molar-refractivity contribution in [3.8, 4) is 17.0 Å². The third kappa shape index (κ3) is 5.19. The zero-order valence-corrected chi connectivity index (χ0v) is 24.1. The number of hydrogen-bond donors (Lipinski definition) is 2. The summed E-state index contributed by atoms with van der Waals surface area (Å²) in [5.74, 6) is 0.512. The maximum Gasteiger partial charge on any atom is 0.408 e. The minimum absolute atomic E-state index is 0.173. The van der Waals surface area contributed by atoms with E-state index in [0.29, 0.717) is 40.9 Å². The number of fused-ring (bicyclic) bond motifs is 3. The molecule has 0 saturated heterocycles. The first-order valence-corrected chi connectivity index (χ1v) is 14.6. The Labute approximate surface area is 234 Å². The van der Waals surface area contributed by atoms with Gasteiger partial charge in [-0.1, -0.05) is 23.8 Å². The first-order valence-electron chi connectivity index (χ1n) is 13.2. The lowest BCUT2D eigenvalue weighted by Crippen LogP contribution is -2.34. The van der Waals surface area contributed by atoms with Gasteiger partial charge < -0.3 is 19.9 Å². The van der Waals surface area contributed by atoms with Gasteiger partial charge in [-0.15, -0.1) is 0 Å². The monoisotopic (exact) mass is 562 g/mol. The van der Waals surface area contributed by atoms with Crippen LogP contribution in [0.4, 0.5) is 4.79 Å². The van der Waals surface area contributed by atoms with Crippen LogP contribution < -0.4 is 10.1 Å². The van der Waals surface area contributed by atoms with Gasteiger partial charge in [0.2, 0.25) is 0 Å². The smallest absolute Gasteiger partial charge is 0.408 e. The molecule has 210 valence electrons. The molecule has 8 nitrogen and oxygen atoms in total. The molecule has 0 aliphatic heterocycles. The van der Waals surface area contributed by atoms with Crippen molar-refractivity contribution in [1.29, 1.82) is 0 Å². The quantitative estimate of drug-likeness (QED) is 0.305. The highest BCUT2D eigenvalue weighted by atomic mass is 32.2. The molecule has 1 aromatic heterocycles. The molecule has 0 unspecified atom stereocenters. The van der Waals surface area contributed by atoms with Crippen LogP contribution in [-0.2, 0) is 27.8 Å². The lowest BCUT2D eigenvalue weighted by molar-refractivity contribution is 0.0503. The number of alkyl carbamates (subject to hydrolysis) is 1. The van der Waals surface area contributed by atoms with Gasteiger partial charge in [-0.3, -0.25) is 0 Å². The summed E-state index contributed by atoms with van der Waals surface area (Å²) in [5.41, 5.74) is 4.48. The third-order valence-electron chi connectivity index (χ3n) is 7.08. The maximum atomic E-state index is 14.2. The number of nitrogens with one attached hydrogen (secondary N) is 1. The molecule has 0 saturated carbocycles. The van der Waals surface area contributed by atoms with Crippen LogP contribution in [0.15, 0.2) is 65.6 Å². The molecule has 0 fully saturated rings. The molecule has 2 N–H and O–H groups in total. The number of aliphatic hydroxyl groups excluding tert-OH is 1. The number of carbonyl (C=O) groups excluding carboxylic acids is 1. The fraction of sp³-hybridized carbons (Fsp3) is 0.323. The van der Waals surface area contributed by atoms with Gasteiger partial charge in [0.15, 0.2) is 0 Å². The van der Waals surface area contributed by atoms with E-state index in [9.17, 15) is 18.3 Å². The highest BCUT2D eigenvalue weighted by Crippen LogP contribution is 2.41. The molecule has 1 amide bonds. The minimum Gasteiger partial charge on any atom is -0.497 e. The van der Waals surface area contributed by atoms with E-state index in [4.69, 9.17) is 9.47 Å². The Morgan fingerprint density at radius 3 is 2.45 bits per heavy atom. The number of methoxy groups -OCH3 is 1. The molecular formula is C31H34N2O6S. The predicted octanol–water partition coefficient (Wildman–Crippen LogP) is 5.87. The van der Waals surface area contributed by atoms with E-state index in [-0.39, 0.29) is 17.5 Å². The molecule has 1 aliphatic rings. The standard InChI is InChI=1S/C31H34N2O6S/c1-19-6-8-23(9-7-19)40(36,37)33-28-13-11-25-24(10-12-27(25)32-30(35)39-31(2,3)4)26(28)17-29(33)21-14-20(18-34)15-22(16-21)38-5/h6-9,11,13-17,27,34H,10,12,18H2,1-5H3,(H,32,35)/t27-/m1/s1. The van der Waals surface area contributed by atoms with Gasteiger partial charge >= 0.3 is 6.09 Å². The van der Waals surface area contributed by atoms with E-state index < -0.39 is 21.7 Å². The topological polar surface area (TPSA) is 107 Å². The number of aliphatic hydroxyl groups is 1. The Hall–Kier alpha value is -3.82. The largest absolute Gasteiger partial charge is 0.497 e. The molecule has 0 bridgehead atoms. The molecule has 5 rings (SSSR count). The van der Waals surface area contributed by atoms with E-state index in [1.807, 2.05) is 39.8 Å². The maximum absolute atomic E-state index is 14.2. The molecule has 9 heteroatoms. The second-order valence-corrected chi connectivity index (χ2v) is 12.9. The zero-order chi connectivity index (χ0) is 28.8. The third-order valence-corrected chi connectivity index (χ3v) is 8.82. The summed E-state index contributed by atoms with van der Waals surface area (Å²) >= 11 is 0. The Balaban J connectivity index is 1.70. The summed E-state index contributed by atoms with van der Waals surface area (Å²) in [6.07, 6.45) is 0.854. The van der Waals surface area contributed by atoms with E-state index in [2.05, 4.69) is 5.32 Å². The van der Waals surface area contributed by atoms with Crippen LogP contribution in [0.25, 0.3) is 22.2 Å². The molecule has 1 aliphatic carbocycles. The van der Waals surface area contributed by atoms with Gasteiger partial charge in [-0.25, -0.2) is 17.2 Å². The number of aromatic nitrogens is 1. The van der Waals surface area contributed by atoms with Crippen molar-refractivity contribution in [2.24, 2.45) is 0 Å². The van der Waals surface area contributed by atoms with Crippen LogP contribution in [0.5, 0.6) is 5.75 Å². The lowest BCUT2D eigenvalue weighted by atomic mass is 10.0. The molecule has 0 radical (unpaired) electrons. The molecule has 0 spiro atoms. The fourth-order valence-corrected chi connectivity index (χ4v) is 6.80. The Bertz CT molecular complexity index is 1680. The summed E-state index contributed by atoms with van der Waals surface area (Å²) < 4.78 is 40.6. The zero-order valence-electron chi connectivity index (χ0n) is 23.3. The second kappa shape index (κ2) is 10.3. The average molecular weight is 563 g/mol. The SMILES string of the molecule is COc1cc(CO)cc(-c2cc3c4c(ccc3n2S(=O)(=O)c2ccc(C)cc2)[C@H](NC(=O)OC(C)(C)C)CC4)c1. The van der Waals surface area contributed by atoms with E-state index in [0.717, 1.165) is 22.1 Å². The van der Waals surface area contributed by atoms with Crippen LogP contribution in [0.2, 0.25) is 0 Å². The van der Waals surface area contributed by atoms with Gasteiger partial charge in [0.1, 0.15) is 11.4 Å². The molecule has 1 heterocycles. The van der Waals surface area contributed by atoms with Gasteiger partial charge in [0.05, 0.1) is 35.9 Å². The van der Waals surface area contributed by atoms with Crippen molar-refractivity contribution >= 4 is 27.0 Å². The molecule has 40 heavy (non-hydrogen) atoms. The summed E-state index contributed by atoms with van der Waals surface area (Å²) in [5, 5.41) is 13.6. The van der Waals surface area contributed by atoms with Crippen molar-refractivity contribution < 1.29 is 27.8 Å². The Kier molecular flexibility index (Phi) is 7.14. The number of benzene rings is 3. The van der Waals surface area contributed by atoms with Crippen LogP contribution in [0.1, 0.15) is 55.5 Å². The summed E-state index contributed by atoms with van der Waals surface area (Å²) in [6.45, 7) is 7.14. The Morgan fingerprint density at radius 1 is 1.07 bits per heavy atom. The van der Waals surface area contributed by atoms with E-state index in [1.165, 1.54) is 11.1 Å². The molecule has 1 atom stereocenters. The van der Waals surface area contributed by atoms with Crippen LogP contribution in [0.3, 0.4) is 0 Å². The lowest BCUT2D eigenvalue weighted by Gasteiger charge is -2.22. The molecular weight excluding hydrogens is 528 g/mol. The summed E-state index contributed by atoms with van der Waals surface area (Å²) in [7, 11) is -2.47. The Morgan fingerprint density at radius 2 is 1.80 bits per heavy atom. The molecule has 3 aromatic carbocycles. The van der Waals surface area contributed by atoms with Crippen molar-refractivity contribution in [3.05, 3.63) is 82.9 Å². The van der Waals surface area contributed by atoms with E-state index >= 15 is 0 Å². The minimum atomic E-state index is -4.00. The van der Waals surface area contributed by atoms with Gasteiger partial charge in [0.25, 0.3) is 10.0 Å². The van der Waals surface area contributed by atoms with Crippen molar-refractivity contribution in [2.75, 3.05) is 7.11 Å². The van der Waals surface area contributed by atoms with E-state index in [1.54, 1.807) is 48.5 Å². The van der Waals surface area contributed by atoms with Crippen LogP contribution >= 0.6 is 0 Å². The number of hydrogen-bond acceptors (Lipinski definition) is 6. The predicted molar refractivity (Wildman–Crippen MR) is 154 cm³/mol. The normalized spacial score (nSPS) is 15.2. The number of rotatable bonds is 6. The number of carbonyl (C=O) groups is 1. The number of amides is 1. The second-order valence-electron chi connectivity index (χ2n) is 11.1. The van der Waals surface area contributed by atoms with Gasteiger partial charge in [-0.2, -0.15) is 0 Å².